The summed E-state index contributed by atoms with van der Waals surface area (Å²) in [5, 5.41) is 7.83. The molecule has 4 rings (SSSR count). The fourth-order valence-electron chi connectivity index (χ4n) is 3.09. The van der Waals surface area contributed by atoms with Gasteiger partial charge in [-0.15, -0.1) is 0 Å². The number of fused-ring (bicyclic) bond motifs is 1. The number of rotatable bonds is 4. The van der Waals surface area contributed by atoms with Gasteiger partial charge in [-0.1, -0.05) is 0 Å². The molecule has 0 radical (unpaired) electrons. The Kier molecular flexibility index (Phi) is 4.17. The molecule has 0 aliphatic carbocycles. The predicted molar refractivity (Wildman–Crippen MR) is 97.0 cm³/mol. The third-order valence-electron chi connectivity index (χ3n) is 4.42. The molecule has 8 nitrogen and oxygen atoms in total. The van der Waals surface area contributed by atoms with Crippen molar-refractivity contribution in [2.45, 2.75) is 4.90 Å². The molecule has 1 fully saturated rings. The molecular formula is C17H17N5O3S. The molecule has 26 heavy (non-hydrogen) atoms. The number of nitrogens with one attached hydrogen (secondary N) is 1. The number of nitrogens with zero attached hydrogens (tertiary/aromatic N) is 4. The number of piperazine rings is 1. The number of aldehydes is 1. The van der Waals surface area contributed by atoms with Crippen LogP contribution in [0.3, 0.4) is 0 Å². The molecule has 0 amide bonds. The number of anilines is 1. The highest BCUT2D eigenvalue weighted by molar-refractivity contribution is 7.90. The molecule has 3 heterocycles. The number of carbonyl (C=O) groups is 1. The van der Waals surface area contributed by atoms with E-state index in [0.717, 1.165) is 36.0 Å². The molecular weight excluding hydrogens is 354 g/mol. The van der Waals surface area contributed by atoms with Crippen molar-refractivity contribution in [1.82, 2.24) is 19.5 Å². The minimum absolute atomic E-state index is 0.0226. The largest absolute Gasteiger partial charge is 0.369 e. The quantitative estimate of drug-likeness (QED) is 0.680. The van der Waals surface area contributed by atoms with Crippen LogP contribution in [0.15, 0.2) is 47.6 Å². The summed E-state index contributed by atoms with van der Waals surface area (Å²) in [6, 6.07) is 8.42. The lowest BCUT2D eigenvalue weighted by atomic mass is 10.2. The smallest absolute Gasteiger partial charge is 0.285 e. The summed E-state index contributed by atoms with van der Waals surface area (Å²) in [5.41, 5.74) is 1.38. The van der Waals surface area contributed by atoms with Crippen LogP contribution in [0.5, 0.6) is 0 Å². The van der Waals surface area contributed by atoms with Gasteiger partial charge in [0.05, 0.1) is 5.52 Å². The summed E-state index contributed by atoms with van der Waals surface area (Å²) in [7, 11) is -3.95. The highest BCUT2D eigenvalue weighted by Crippen LogP contribution is 2.27. The molecule has 0 atom stereocenters. The van der Waals surface area contributed by atoms with Crippen LogP contribution < -0.4 is 10.2 Å². The Morgan fingerprint density at radius 2 is 1.96 bits per heavy atom. The van der Waals surface area contributed by atoms with Crippen LogP contribution in [0.4, 0.5) is 5.69 Å². The van der Waals surface area contributed by atoms with Crippen LogP contribution in [0.25, 0.3) is 10.9 Å². The third kappa shape index (κ3) is 2.74. The maximum absolute atomic E-state index is 13.0. The van der Waals surface area contributed by atoms with E-state index in [9.17, 15) is 13.2 Å². The Labute approximate surface area is 150 Å². The molecule has 2 aromatic heterocycles. The molecule has 0 saturated carbocycles. The molecule has 0 bridgehead atoms. The van der Waals surface area contributed by atoms with E-state index in [1.807, 2.05) is 6.07 Å². The monoisotopic (exact) mass is 371 g/mol. The molecule has 1 aliphatic heterocycles. The lowest BCUT2D eigenvalue weighted by Gasteiger charge is -2.29. The number of aromatic nitrogens is 3. The van der Waals surface area contributed by atoms with Gasteiger partial charge in [0, 0.05) is 49.6 Å². The van der Waals surface area contributed by atoms with Crippen LogP contribution in [-0.4, -0.2) is 55.1 Å². The second kappa shape index (κ2) is 6.50. The topological polar surface area (TPSA) is 97.2 Å². The summed E-state index contributed by atoms with van der Waals surface area (Å²) in [4.78, 5) is 17.4. The number of benzene rings is 1. The highest BCUT2D eigenvalue weighted by atomic mass is 32.2. The van der Waals surface area contributed by atoms with Gasteiger partial charge in [0.1, 0.15) is 10.6 Å². The zero-order chi connectivity index (χ0) is 18.1. The molecule has 1 saturated heterocycles. The molecule has 0 spiro atoms. The lowest BCUT2D eigenvalue weighted by Crippen LogP contribution is -2.43. The Bertz CT molecular complexity index is 1060. The van der Waals surface area contributed by atoms with Crippen molar-refractivity contribution >= 4 is 32.9 Å². The first-order chi connectivity index (χ1) is 12.6. The van der Waals surface area contributed by atoms with Crippen LogP contribution in [0, 0.1) is 0 Å². The zero-order valence-electron chi connectivity index (χ0n) is 13.9. The van der Waals surface area contributed by atoms with Crippen molar-refractivity contribution in [3.05, 3.63) is 48.4 Å². The summed E-state index contributed by atoms with van der Waals surface area (Å²) >= 11 is 0. The van der Waals surface area contributed by atoms with Gasteiger partial charge in [-0.2, -0.15) is 17.6 Å². The van der Waals surface area contributed by atoms with Crippen molar-refractivity contribution in [2.75, 3.05) is 31.1 Å². The Morgan fingerprint density at radius 1 is 1.15 bits per heavy atom. The fraction of sp³-hybridized carbons (Fsp3) is 0.235. The second-order valence-corrected chi connectivity index (χ2v) is 7.75. The SMILES string of the molecule is O=Cc1nn(S(=O)(=O)c2cccnc2)c2cc(N3CCNCC3)ccc12. The fourth-order valence-corrected chi connectivity index (χ4v) is 4.34. The highest BCUT2D eigenvalue weighted by Gasteiger charge is 2.24. The van der Waals surface area contributed by atoms with Crippen LogP contribution in [0.1, 0.15) is 10.5 Å². The zero-order valence-corrected chi connectivity index (χ0v) is 14.7. The normalized spacial score (nSPS) is 15.3. The van der Waals surface area contributed by atoms with E-state index in [0.29, 0.717) is 17.2 Å². The van der Waals surface area contributed by atoms with Crippen molar-refractivity contribution < 1.29 is 13.2 Å². The summed E-state index contributed by atoms with van der Waals surface area (Å²) < 4.78 is 26.9. The first-order valence-corrected chi connectivity index (χ1v) is 9.64. The number of hydrogen-bond acceptors (Lipinski definition) is 7. The summed E-state index contributed by atoms with van der Waals surface area (Å²) in [6.45, 7) is 3.39. The van der Waals surface area contributed by atoms with E-state index in [1.54, 1.807) is 18.2 Å². The molecule has 1 aromatic carbocycles. The van der Waals surface area contributed by atoms with Crippen molar-refractivity contribution in [1.29, 1.82) is 0 Å². The number of hydrogen-bond donors (Lipinski definition) is 1. The standard InChI is InChI=1S/C17H17N5O3S/c23-12-16-15-4-3-13(21-8-6-18-7-9-21)10-17(15)22(20-16)26(24,25)14-2-1-5-19-11-14/h1-5,10-12,18H,6-9H2. The lowest BCUT2D eigenvalue weighted by molar-refractivity contribution is 0.112. The molecule has 3 aromatic rings. The van der Waals surface area contributed by atoms with Gasteiger partial charge < -0.3 is 10.2 Å². The van der Waals surface area contributed by atoms with Gasteiger partial charge in [0.25, 0.3) is 10.0 Å². The third-order valence-corrected chi connectivity index (χ3v) is 5.99. The molecule has 134 valence electrons. The van der Waals surface area contributed by atoms with Gasteiger partial charge in [0.15, 0.2) is 6.29 Å². The Hall–Kier alpha value is -2.78. The van der Waals surface area contributed by atoms with Crippen LogP contribution in [-0.2, 0) is 10.0 Å². The van der Waals surface area contributed by atoms with E-state index >= 15 is 0 Å². The van der Waals surface area contributed by atoms with E-state index in [2.05, 4.69) is 20.3 Å². The number of carbonyl (C=O) groups excluding carboxylic acids is 1. The average Bonchev–Trinajstić information content (AvgIpc) is 3.08. The molecule has 1 aliphatic rings. The van der Waals surface area contributed by atoms with Gasteiger partial charge in [-0.05, 0) is 30.3 Å². The minimum atomic E-state index is -3.95. The van der Waals surface area contributed by atoms with Gasteiger partial charge in [0.2, 0.25) is 0 Å². The van der Waals surface area contributed by atoms with Crippen LogP contribution >= 0.6 is 0 Å². The van der Waals surface area contributed by atoms with Crippen molar-refractivity contribution in [3.8, 4) is 0 Å². The van der Waals surface area contributed by atoms with Crippen LogP contribution in [0.2, 0.25) is 0 Å². The van der Waals surface area contributed by atoms with E-state index in [1.165, 1.54) is 18.5 Å². The maximum atomic E-state index is 13.0. The summed E-state index contributed by atoms with van der Waals surface area (Å²) in [5.74, 6) is 0. The van der Waals surface area contributed by atoms with E-state index in [4.69, 9.17) is 0 Å². The van der Waals surface area contributed by atoms with E-state index in [-0.39, 0.29) is 10.6 Å². The average molecular weight is 371 g/mol. The predicted octanol–water partition coefficient (Wildman–Crippen LogP) is 0.890. The van der Waals surface area contributed by atoms with Crippen molar-refractivity contribution in [3.63, 3.8) is 0 Å². The van der Waals surface area contributed by atoms with Gasteiger partial charge >= 0.3 is 0 Å². The molecule has 1 N–H and O–H groups in total. The maximum Gasteiger partial charge on any atom is 0.285 e. The number of pyridine rings is 1. The van der Waals surface area contributed by atoms with Gasteiger partial charge in [-0.3, -0.25) is 9.78 Å². The van der Waals surface area contributed by atoms with E-state index < -0.39 is 10.0 Å². The van der Waals surface area contributed by atoms with Crippen molar-refractivity contribution in [2.24, 2.45) is 0 Å². The molecule has 0 unspecified atom stereocenters. The Morgan fingerprint density at radius 3 is 2.65 bits per heavy atom. The first kappa shape index (κ1) is 16.7. The minimum Gasteiger partial charge on any atom is -0.369 e. The second-order valence-electron chi connectivity index (χ2n) is 5.98. The Balaban J connectivity index is 1.90. The first-order valence-electron chi connectivity index (χ1n) is 8.20. The summed E-state index contributed by atoms with van der Waals surface area (Å²) in [6.07, 6.45) is 3.34. The van der Waals surface area contributed by atoms with Gasteiger partial charge in [-0.25, -0.2) is 0 Å². The molecule has 9 heteroatoms.